The molecule has 0 saturated carbocycles. The first kappa shape index (κ1) is 14.1. The van der Waals surface area contributed by atoms with E-state index in [9.17, 15) is 0 Å². The molecular weight excluding hydrogens is 258 g/mol. The molecule has 0 radical (unpaired) electrons. The summed E-state index contributed by atoms with van der Waals surface area (Å²) >= 11 is 0. The fraction of sp³-hybridized carbons (Fsp3) is 0.421. The van der Waals surface area contributed by atoms with Crippen molar-refractivity contribution in [3.8, 4) is 5.75 Å². The minimum absolute atomic E-state index is 0.395. The monoisotopic (exact) mass is 281 g/mol. The van der Waals surface area contributed by atoms with Gasteiger partial charge in [0.2, 0.25) is 0 Å². The zero-order valence-corrected chi connectivity index (χ0v) is 13.0. The van der Waals surface area contributed by atoms with Gasteiger partial charge in [-0.05, 0) is 53.6 Å². The van der Waals surface area contributed by atoms with Crippen LogP contribution in [0.4, 0.5) is 0 Å². The highest BCUT2D eigenvalue weighted by molar-refractivity contribution is 5.48. The number of hydrogen-bond donors (Lipinski definition) is 0. The summed E-state index contributed by atoms with van der Waals surface area (Å²) in [6.45, 7) is 4.59. The van der Waals surface area contributed by atoms with Crippen molar-refractivity contribution >= 4 is 0 Å². The number of ether oxygens (including phenoxy) is 1. The molecule has 0 N–H and O–H groups in total. The van der Waals surface area contributed by atoms with Gasteiger partial charge in [-0.15, -0.1) is 0 Å². The van der Waals surface area contributed by atoms with Gasteiger partial charge in [0.05, 0.1) is 7.11 Å². The first-order valence-corrected chi connectivity index (χ1v) is 7.88. The molecule has 1 aliphatic carbocycles. The van der Waals surface area contributed by atoms with Gasteiger partial charge in [0.15, 0.2) is 0 Å². The molecule has 110 valence electrons. The average molecular weight is 281 g/mol. The first-order valence-electron chi connectivity index (χ1n) is 7.88. The molecule has 0 bridgehead atoms. The van der Waals surface area contributed by atoms with E-state index in [4.69, 9.17) is 4.74 Å². The molecule has 1 aromatic heterocycles. The van der Waals surface area contributed by atoms with Crippen LogP contribution in [0.15, 0.2) is 42.6 Å². The maximum absolute atomic E-state index is 5.44. The molecule has 0 unspecified atom stereocenters. The number of rotatable bonds is 4. The van der Waals surface area contributed by atoms with Gasteiger partial charge in [-0.2, -0.15) is 0 Å². The zero-order chi connectivity index (χ0) is 14.8. The lowest BCUT2D eigenvalue weighted by Crippen LogP contribution is -2.13. The summed E-state index contributed by atoms with van der Waals surface area (Å²) in [7, 11) is 1.74. The molecule has 0 saturated heterocycles. The SMILES string of the molecule is CC[C@H]1[C@H](c2ccccn2)c2cc(OC)ccc2[C@H]1CC. The number of aromatic nitrogens is 1. The average Bonchev–Trinajstić information content (AvgIpc) is 2.87. The Morgan fingerprint density at radius 2 is 1.90 bits per heavy atom. The quantitative estimate of drug-likeness (QED) is 0.806. The fourth-order valence-electron chi connectivity index (χ4n) is 3.96. The van der Waals surface area contributed by atoms with Gasteiger partial charge in [0, 0.05) is 17.8 Å². The van der Waals surface area contributed by atoms with Crippen LogP contribution in [0.25, 0.3) is 0 Å². The summed E-state index contributed by atoms with van der Waals surface area (Å²) in [5, 5.41) is 0. The molecule has 0 fully saturated rings. The number of pyridine rings is 1. The second-order valence-corrected chi connectivity index (χ2v) is 5.81. The van der Waals surface area contributed by atoms with Crippen LogP contribution < -0.4 is 4.74 Å². The van der Waals surface area contributed by atoms with Crippen LogP contribution in [0.5, 0.6) is 5.75 Å². The predicted octanol–water partition coefficient (Wildman–Crippen LogP) is 4.76. The van der Waals surface area contributed by atoms with E-state index in [1.54, 1.807) is 7.11 Å². The van der Waals surface area contributed by atoms with Gasteiger partial charge in [0.1, 0.15) is 5.75 Å². The van der Waals surface area contributed by atoms with Crippen molar-refractivity contribution in [1.82, 2.24) is 4.98 Å². The highest BCUT2D eigenvalue weighted by Gasteiger charge is 2.40. The van der Waals surface area contributed by atoms with E-state index in [2.05, 4.69) is 49.2 Å². The standard InChI is InChI=1S/C19H23NO/c1-4-14-15(5-2)19(18-8-6-7-11-20-18)17-12-13(21-3)9-10-16(14)17/h6-12,14-15,19H,4-5H2,1-3H3/t14-,15+,19-/m0/s1. The van der Waals surface area contributed by atoms with E-state index in [0.717, 1.165) is 5.75 Å². The van der Waals surface area contributed by atoms with Crippen LogP contribution in [0, 0.1) is 5.92 Å². The third-order valence-corrected chi connectivity index (χ3v) is 4.89. The Hall–Kier alpha value is -1.83. The van der Waals surface area contributed by atoms with Gasteiger partial charge < -0.3 is 4.74 Å². The molecule has 21 heavy (non-hydrogen) atoms. The van der Waals surface area contributed by atoms with Crippen molar-refractivity contribution in [2.24, 2.45) is 5.92 Å². The molecule has 0 spiro atoms. The van der Waals surface area contributed by atoms with Crippen molar-refractivity contribution in [2.45, 2.75) is 38.5 Å². The lowest BCUT2D eigenvalue weighted by atomic mass is 9.82. The summed E-state index contributed by atoms with van der Waals surface area (Å²) in [5.41, 5.74) is 4.09. The molecule has 0 aliphatic heterocycles. The van der Waals surface area contributed by atoms with E-state index < -0.39 is 0 Å². The fourth-order valence-corrected chi connectivity index (χ4v) is 3.96. The van der Waals surface area contributed by atoms with Crippen molar-refractivity contribution in [3.05, 3.63) is 59.4 Å². The van der Waals surface area contributed by atoms with E-state index in [0.29, 0.717) is 17.8 Å². The number of methoxy groups -OCH3 is 1. The van der Waals surface area contributed by atoms with Gasteiger partial charge in [-0.1, -0.05) is 32.4 Å². The van der Waals surface area contributed by atoms with Crippen LogP contribution in [-0.2, 0) is 0 Å². The Labute approximate surface area is 127 Å². The maximum Gasteiger partial charge on any atom is 0.119 e. The van der Waals surface area contributed by atoms with Crippen molar-refractivity contribution in [1.29, 1.82) is 0 Å². The molecule has 1 aromatic carbocycles. The summed E-state index contributed by atoms with van der Waals surface area (Å²) in [5.74, 6) is 2.60. The lowest BCUT2D eigenvalue weighted by molar-refractivity contribution is 0.393. The Morgan fingerprint density at radius 3 is 2.52 bits per heavy atom. The summed E-state index contributed by atoms with van der Waals surface area (Å²) in [4.78, 5) is 4.64. The Kier molecular flexibility index (Phi) is 3.96. The van der Waals surface area contributed by atoms with Crippen LogP contribution in [0.1, 0.15) is 55.3 Å². The number of benzene rings is 1. The summed E-state index contributed by atoms with van der Waals surface area (Å²) < 4.78 is 5.44. The Bertz CT molecular complexity index is 608. The molecule has 0 amide bonds. The third-order valence-electron chi connectivity index (χ3n) is 4.89. The molecule has 2 aromatic rings. The second-order valence-electron chi connectivity index (χ2n) is 5.81. The van der Waals surface area contributed by atoms with Crippen LogP contribution >= 0.6 is 0 Å². The Balaban J connectivity index is 2.14. The molecule has 1 aliphatic rings. The lowest BCUT2D eigenvalue weighted by Gasteiger charge is -2.23. The molecule has 2 nitrogen and oxygen atoms in total. The van der Waals surface area contributed by atoms with E-state index in [-0.39, 0.29) is 0 Å². The second kappa shape index (κ2) is 5.88. The van der Waals surface area contributed by atoms with E-state index >= 15 is 0 Å². The van der Waals surface area contributed by atoms with Crippen molar-refractivity contribution < 1.29 is 4.74 Å². The predicted molar refractivity (Wildman–Crippen MR) is 85.9 cm³/mol. The number of fused-ring (bicyclic) bond motifs is 1. The van der Waals surface area contributed by atoms with E-state index in [1.807, 2.05) is 12.3 Å². The van der Waals surface area contributed by atoms with Gasteiger partial charge in [-0.3, -0.25) is 4.98 Å². The highest BCUT2D eigenvalue weighted by atomic mass is 16.5. The van der Waals surface area contributed by atoms with E-state index in [1.165, 1.54) is 29.7 Å². The number of hydrogen-bond acceptors (Lipinski definition) is 2. The molecule has 1 heterocycles. The number of nitrogens with zero attached hydrogens (tertiary/aromatic N) is 1. The zero-order valence-electron chi connectivity index (χ0n) is 13.0. The van der Waals surface area contributed by atoms with Crippen LogP contribution in [0.3, 0.4) is 0 Å². The molecule has 3 rings (SSSR count). The van der Waals surface area contributed by atoms with Crippen LogP contribution in [0.2, 0.25) is 0 Å². The molecular formula is C19H23NO. The topological polar surface area (TPSA) is 22.1 Å². The van der Waals surface area contributed by atoms with Gasteiger partial charge >= 0.3 is 0 Å². The van der Waals surface area contributed by atoms with Crippen molar-refractivity contribution in [2.75, 3.05) is 7.11 Å². The minimum atomic E-state index is 0.395. The molecule has 3 atom stereocenters. The maximum atomic E-state index is 5.44. The first-order chi connectivity index (χ1) is 10.3. The van der Waals surface area contributed by atoms with Gasteiger partial charge in [0.25, 0.3) is 0 Å². The summed E-state index contributed by atoms with van der Waals surface area (Å²) in [6, 6.07) is 12.8. The minimum Gasteiger partial charge on any atom is -0.497 e. The molecule has 2 heteroatoms. The normalized spacial score (nSPS) is 23.9. The van der Waals surface area contributed by atoms with Gasteiger partial charge in [-0.25, -0.2) is 0 Å². The smallest absolute Gasteiger partial charge is 0.119 e. The van der Waals surface area contributed by atoms with Crippen molar-refractivity contribution in [3.63, 3.8) is 0 Å². The highest BCUT2D eigenvalue weighted by Crippen LogP contribution is 2.52. The summed E-state index contributed by atoms with van der Waals surface area (Å²) in [6.07, 6.45) is 4.26. The van der Waals surface area contributed by atoms with Crippen LogP contribution in [-0.4, -0.2) is 12.1 Å². The Morgan fingerprint density at radius 1 is 1.05 bits per heavy atom. The third kappa shape index (κ3) is 2.33. The largest absolute Gasteiger partial charge is 0.497 e.